The molecule has 2 heterocycles. The van der Waals surface area contributed by atoms with Gasteiger partial charge in [0.05, 0.1) is 6.54 Å². The monoisotopic (exact) mass is 523 g/mol. The van der Waals surface area contributed by atoms with Crippen molar-refractivity contribution in [3.63, 3.8) is 0 Å². The Hall–Kier alpha value is -1.45. The molecule has 34 heavy (non-hydrogen) atoms. The van der Waals surface area contributed by atoms with Crippen molar-refractivity contribution in [2.75, 3.05) is 19.6 Å². The van der Waals surface area contributed by atoms with Gasteiger partial charge in [0.15, 0.2) is 0 Å². The Morgan fingerprint density at radius 2 is 1.71 bits per heavy atom. The SMILES string of the molecule is O=C(NCc1ccc(S(=O)(=O)N2CCC(NCCC3CCCCC3)CC2)s1)c1ccc(Cl)cc1. The molecular formula is C25H34ClN3O3S2. The molecule has 1 aliphatic carbocycles. The van der Waals surface area contributed by atoms with Crippen LogP contribution in [0.4, 0.5) is 0 Å². The van der Waals surface area contributed by atoms with Crippen molar-refractivity contribution < 1.29 is 13.2 Å². The van der Waals surface area contributed by atoms with Gasteiger partial charge in [0, 0.05) is 34.6 Å². The number of rotatable bonds is 9. The summed E-state index contributed by atoms with van der Waals surface area (Å²) in [5, 5.41) is 7.07. The summed E-state index contributed by atoms with van der Waals surface area (Å²) in [4.78, 5) is 13.1. The molecule has 0 radical (unpaired) electrons. The molecule has 1 amide bonds. The minimum absolute atomic E-state index is 0.215. The lowest BCUT2D eigenvalue weighted by Gasteiger charge is -2.32. The van der Waals surface area contributed by atoms with E-state index in [9.17, 15) is 13.2 Å². The maximum absolute atomic E-state index is 13.1. The average molecular weight is 524 g/mol. The van der Waals surface area contributed by atoms with Gasteiger partial charge in [-0.3, -0.25) is 4.79 Å². The van der Waals surface area contributed by atoms with Crippen LogP contribution in [0.15, 0.2) is 40.6 Å². The number of hydrogen-bond donors (Lipinski definition) is 2. The van der Waals surface area contributed by atoms with Crippen LogP contribution in [0.1, 0.15) is 66.6 Å². The maximum atomic E-state index is 13.1. The second kappa shape index (κ2) is 12.0. The predicted octanol–water partition coefficient (Wildman–Crippen LogP) is 5.04. The van der Waals surface area contributed by atoms with Gasteiger partial charge >= 0.3 is 0 Å². The smallest absolute Gasteiger partial charge is 0.252 e. The number of hydrogen-bond acceptors (Lipinski definition) is 5. The largest absolute Gasteiger partial charge is 0.347 e. The molecule has 2 aromatic rings. The first-order chi connectivity index (χ1) is 16.4. The van der Waals surface area contributed by atoms with Crippen LogP contribution in [0.3, 0.4) is 0 Å². The van der Waals surface area contributed by atoms with Gasteiger partial charge in [0.25, 0.3) is 15.9 Å². The summed E-state index contributed by atoms with van der Waals surface area (Å²) in [6.07, 6.45) is 9.81. The van der Waals surface area contributed by atoms with Gasteiger partial charge < -0.3 is 10.6 Å². The van der Waals surface area contributed by atoms with Crippen molar-refractivity contribution in [3.05, 3.63) is 51.9 Å². The second-order valence-electron chi connectivity index (χ2n) is 9.34. The molecule has 2 aliphatic rings. The fourth-order valence-corrected chi connectivity index (χ4v) is 7.90. The summed E-state index contributed by atoms with van der Waals surface area (Å²) >= 11 is 7.09. The topological polar surface area (TPSA) is 78.5 Å². The molecule has 0 unspecified atom stereocenters. The van der Waals surface area contributed by atoms with Crippen LogP contribution in [0.25, 0.3) is 0 Å². The van der Waals surface area contributed by atoms with Crippen molar-refractivity contribution >= 4 is 38.9 Å². The number of carbonyl (C=O) groups excluding carboxylic acids is 1. The Bertz CT molecular complexity index is 1040. The van der Waals surface area contributed by atoms with Crippen LogP contribution in [0.2, 0.25) is 5.02 Å². The molecule has 1 saturated carbocycles. The van der Waals surface area contributed by atoms with Crippen LogP contribution in [0.5, 0.6) is 0 Å². The van der Waals surface area contributed by atoms with Crippen molar-refractivity contribution in [3.8, 4) is 0 Å². The van der Waals surface area contributed by atoms with E-state index in [1.165, 1.54) is 49.9 Å². The Morgan fingerprint density at radius 1 is 1.00 bits per heavy atom. The van der Waals surface area contributed by atoms with Crippen LogP contribution >= 0.6 is 22.9 Å². The predicted molar refractivity (Wildman–Crippen MR) is 138 cm³/mol. The van der Waals surface area contributed by atoms with Gasteiger partial charge in [-0.05, 0) is 68.1 Å². The number of amides is 1. The van der Waals surface area contributed by atoms with E-state index in [0.717, 1.165) is 30.2 Å². The molecule has 0 spiro atoms. The lowest BCUT2D eigenvalue weighted by Crippen LogP contribution is -2.45. The number of thiophene rings is 1. The Balaban J connectivity index is 1.22. The first kappa shape index (κ1) is 25.6. The zero-order chi connectivity index (χ0) is 24.0. The molecular weight excluding hydrogens is 490 g/mol. The van der Waals surface area contributed by atoms with E-state index in [1.54, 1.807) is 40.7 Å². The van der Waals surface area contributed by atoms with Gasteiger partial charge in [-0.15, -0.1) is 11.3 Å². The Labute approximate surface area is 212 Å². The zero-order valence-corrected chi connectivity index (χ0v) is 21.9. The number of carbonyl (C=O) groups is 1. The van der Waals surface area contributed by atoms with Crippen LogP contribution in [-0.2, 0) is 16.6 Å². The highest BCUT2D eigenvalue weighted by atomic mass is 35.5. The quantitative estimate of drug-likeness (QED) is 0.482. The molecule has 2 N–H and O–H groups in total. The summed E-state index contributed by atoms with van der Waals surface area (Å²) < 4.78 is 28.2. The van der Waals surface area contributed by atoms with E-state index in [-0.39, 0.29) is 12.5 Å². The van der Waals surface area contributed by atoms with E-state index in [4.69, 9.17) is 11.6 Å². The highest BCUT2D eigenvalue weighted by Gasteiger charge is 2.30. The van der Waals surface area contributed by atoms with E-state index in [0.29, 0.717) is 33.9 Å². The van der Waals surface area contributed by atoms with Crippen molar-refractivity contribution in [2.45, 2.75) is 68.2 Å². The normalized spacial score (nSPS) is 18.7. The fraction of sp³-hybridized carbons (Fsp3) is 0.560. The van der Waals surface area contributed by atoms with Crippen LogP contribution < -0.4 is 10.6 Å². The van der Waals surface area contributed by atoms with Gasteiger partial charge in [0.2, 0.25) is 0 Å². The van der Waals surface area contributed by atoms with E-state index < -0.39 is 10.0 Å². The summed E-state index contributed by atoms with van der Waals surface area (Å²) in [6, 6.07) is 10.5. The van der Waals surface area contributed by atoms with Gasteiger partial charge in [-0.25, -0.2) is 8.42 Å². The molecule has 1 aliphatic heterocycles. The average Bonchev–Trinajstić information content (AvgIpc) is 3.34. The number of sulfonamides is 1. The van der Waals surface area contributed by atoms with Crippen molar-refractivity contribution in [1.82, 2.24) is 14.9 Å². The number of halogens is 1. The molecule has 0 bridgehead atoms. The highest BCUT2D eigenvalue weighted by molar-refractivity contribution is 7.91. The Morgan fingerprint density at radius 3 is 2.41 bits per heavy atom. The lowest BCUT2D eigenvalue weighted by atomic mass is 9.87. The third-order valence-electron chi connectivity index (χ3n) is 6.93. The molecule has 1 saturated heterocycles. The minimum atomic E-state index is -3.50. The van der Waals surface area contributed by atoms with Crippen molar-refractivity contribution in [2.24, 2.45) is 5.92 Å². The van der Waals surface area contributed by atoms with Crippen LogP contribution in [-0.4, -0.2) is 44.3 Å². The molecule has 1 aromatic heterocycles. The standard InChI is InChI=1S/C25H34ClN3O3S2/c26-21-8-6-20(7-9-21)25(30)28-18-23-10-11-24(33-23)34(31,32)29-16-13-22(14-17-29)27-15-12-19-4-2-1-3-5-19/h6-11,19,22,27H,1-5,12-18H2,(H,28,30). The number of benzene rings is 1. The number of nitrogens with one attached hydrogen (secondary N) is 2. The lowest BCUT2D eigenvalue weighted by molar-refractivity contribution is 0.0951. The third-order valence-corrected chi connectivity index (χ3v) is 10.6. The van der Waals surface area contributed by atoms with E-state index in [1.807, 2.05) is 0 Å². The number of nitrogens with zero attached hydrogens (tertiary/aromatic N) is 1. The van der Waals surface area contributed by atoms with Gasteiger partial charge in [-0.2, -0.15) is 4.31 Å². The van der Waals surface area contributed by atoms with E-state index >= 15 is 0 Å². The first-order valence-corrected chi connectivity index (χ1v) is 14.9. The maximum Gasteiger partial charge on any atom is 0.252 e. The summed E-state index contributed by atoms with van der Waals surface area (Å²) in [6.45, 7) is 2.42. The second-order valence-corrected chi connectivity index (χ2v) is 13.1. The minimum Gasteiger partial charge on any atom is -0.347 e. The fourth-order valence-electron chi connectivity index (χ4n) is 4.86. The zero-order valence-electron chi connectivity index (χ0n) is 19.5. The molecule has 4 rings (SSSR count). The van der Waals surface area contributed by atoms with Crippen LogP contribution in [0, 0.1) is 5.92 Å². The molecule has 6 nitrogen and oxygen atoms in total. The third kappa shape index (κ3) is 6.82. The summed E-state index contributed by atoms with van der Waals surface area (Å²) in [5.41, 5.74) is 0.518. The molecule has 0 atom stereocenters. The first-order valence-electron chi connectivity index (χ1n) is 12.3. The molecule has 9 heteroatoms. The number of piperidine rings is 1. The van der Waals surface area contributed by atoms with Gasteiger partial charge in [-0.1, -0.05) is 43.7 Å². The van der Waals surface area contributed by atoms with E-state index in [2.05, 4.69) is 10.6 Å². The summed E-state index contributed by atoms with van der Waals surface area (Å²) in [7, 11) is -3.50. The van der Waals surface area contributed by atoms with Gasteiger partial charge in [0.1, 0.15) is 4.21 Å². The highest BCUT2D eigenvalue weighted by Crippen LogP contribution is 2.28. The Kier molecular flexibility index (Phi) is 9.04. The molecule has 1 aromatic carbocycles. The molecule has 2 fully saturated rings. The molecule has 186 valence electrons. The van der Waals surface area contributed by atoms with Crippen molar-refractivity contribution in [1.29, 1.82) is 0 Å². The summed E-state index contributed by atoms with van der Waals surface area (Å²) in [5.74, 6) is 0.651.